The molecular weight excluding hydrogens is 1380 g/mol. The van der Waals surface area contributed by atoms with Crippen molar-refractivity contribution in [2.45, 2.75) is 44.7 Å². The monoisotopic (exact) mass is 1420 g/mol. The van der Waals surface area contributed by atoms with E-state index in [0.29, 0.717) is 12.1 Å². The lowest BCUT2D eigenvalue weighted by Gasteiger charge is -2.20. The van der Waals surface area contributed by atoms with E-state index in [2.05, 4.69) is 10.6 Å². The summed E-state index contributed by atoms with van der Waals surface area (Å²) >= 11 is 0. The molecule has 3 amide bonds. The van der Waals surface area contributed by atoms with Crippen molar-refractivity contribution >= 4 is 52.7 Å². The van der Waals surface area contributed by atoms with Crippen molar-refractivity contribution in [3.63, 3.8) is 0 Å². The van der Waals surface area contributed by atoms with Gasteiger partial charge in [-0.05, 0) is 177 Å². The third-order valence-corrected chi connectivity index (χ3v) is 13.4. The van der Waals surface area contributed by atoms with Crippen LogP contribution in [0, 0.1) is 31.3 Å². The minimum atomic E-state index is -5.49. The molecule has 0 radical (unpaired) electrons. The van der Waals surface area contributed by atoms with Crippen LogP contribution in [0.3, 0.4) is 0 Å². The Morgan fingerprint density at radius 1 is 0.340 bits per heavy atom. The number of carbonyl (C=O) groups is 6. The highest BCUT2D eigenvalue weighted by molar-refractivity contribution is 6.09. The summed E-state index contributed by atoms with van der Waals surface area (Å²) in [5.41, 5.74) is -10.7. The van der Waals surface area contributed by atoms with E-state index in [-0.39, 0.29) is 92.5 Å². The molecule has 0 heterocycles. The van der Waals surface area contributed by atoms with Crippen molar-refractivity contribution in [1.29, 1.82) is 0 Å². The van der Waals surface area contributed by atoms with Gasteiger partial charge in [-0.2, -0.15) is 65.9 Å². The molecule has 522 valence electrons. The lowest BCUT2D eigenvalue weighted by atomic mass is 10.0. The number of halogens is 18. The molecule has 100 heavy (non-hydrogen) atoms. The largest absolute Gasteiger partial charge is 0.478 e. The second-order valence-electron chi connectivity index (χ2n) is 20.6. The van der Waals surface area contributed by atoms with Crippen molar-refractivity contribution in [1.82, 2.24) is 0 Å². The van der Waals surface area contributed by atoms with Crippen LogP contribution in [0.25, 0.3) is 0 Å². The predicted octanol–water partition coefficient (Wildman–Crippen LogP) is 19.4. The highest BCUT2D eigenvalue weighted by Crippen LogP contribution is 2.46. The fourth-order valence-corrected chi connectivity index (χ4v) is 8.54. The molecule has 0 aliphatic rings. The molecule has 0 aliphatic heterocycles. The quantitative estimate of drug-likeness (QED) is 0.0527. The van der Waals surface area contributed by atoms with Crippen LogP contribution in [0.2, 0.25) is 0 Å². The van der Waals surface area contributed by atoms with Gasteiger partial charge in [0.25, 0.3) is 17.7 Å². The molecule has 0 unspecified atom stereocenters. The average molecular weight is 1420 g/mol. The summed E-state index contributed by atoms with van der Waals surface area (Å²) < 4.78 is 258. The Balaban J connectivity index is 0.000000211. The second-order valence-corrected chi connectivity index (χ2v) is 20.6. The molecule has 33 heteroatoms. The van der Waals surface area contributed by atoms with Gasteiger partial charge in [-0.1, -0.05) is 17.7 Å². The number of carbonyl (C=O) groups excluding carboxylic acids is 3. The molecule has 0 fully saturated rings. The van der Waals surface area contributed by atoms with E-state index in [1.807, 2.05) is 12.2 Å². The van der Waals surface area contributed by atoms with Crippen LogP contribution < -0.4 is 30.2 Å². The number of ether oxygens (including phenoxy) is 3. The van der Waals surface area contributed by atoms with Gasteiger partial charge in [0.2, 0.25) is 0 Å². The van der Waals surface area contributed by atoms with Crippen molar-refractivity contribution < 1.29 is 137 Å². The molecular formula is C67H41F18N3O12. The van der Waals surface area contributed by atoms with E-state index in [9.17, 15) is 108 Å². The molecule has 6 N–H and O–H groups in total. The number of carboxylic acid groups (broad SMARTS) is 3. The first kappa shape index (κ1) is 75.3. The van der Waals surface area contributed by atoms with Gasteiger partial charge >= 0.3 is 48.8 Å². The number of aromatic carboxylic acids is 3. The van der Waals surface area contributed by atoms with E-state index < -0.39 is 140 Å². The van der Waals surface area contributed by atoms with Crippen LogP contribution in [0.1, 0.15) is 101 Å². The Morgan fingerprint density at radius 2 is 0.700 bits per heavy atom. The summed E-state index contributed by atoms with van der Waals surface area (Å²) in [5, 5.41) is 33.4. The maximum atomic E-state index is 14.0. The highest BCUT2D eigenvalue weighted by atomic mass is 19.4. The Kier molecular flexibility index (Phi) is 22.7. The van der Waals surface area contributed by atoms with Gasteiger partial charge in [0.15, 0.2) is 11.6 Å². The summed E-state index contributed by atoms with van der Waals surface area (Å²) in [7, 11) is 0. The molecule has 0 atom stereocenters. The number of anilines is 3. The standard InChI is InChI=1S/C23H14F7NO4.C22H11F8NO4.C22H16F3NO4/c1-11-8-14(24)4-7-17(11)35-18-10-13(22(25,26)27)9-16(23(28,29)30)19(18)20(32)31-15-5-2-12(3-6-15)21(33)34;23-12-3-6-16(15(24)9-12)35-17-8-11(21(25,26)27)7-14(22(28,29)30)18(17)19(32)31-13-4-1-10(2-5-13)20(33)34;1-13-2-9-17(10-3-13)30-19-12-15(22(23,24)25)6-11-18(19)20(27)26-16-7-4-14(5-8-16)21(28)29/h2-10H,1H3,(H,31,32)(H,33,34);1-9H,(H,31,32)(H,33,34);2-12H,1H3,(H,26,27)(H,28,29). The summed E-state index contributed by atoms with van der Waals surface area (Å²) in [4.78, 5) is 71.1. The first-order valence-electron chi connectivity index (χ1n) is 27.6. The smallest absolute Gasteiger partial charge is 0.417 e. The minimum Gasteiger partial charge on any atom is -0.478 e. The number of hydrogen-bond donors (Lipinski definition) is 6. The maximum absolute atomic E-state index is 14.0. The number of carboxylic acids is 3. The minimum absolute atomic E-state index is 0.0333. The lowest BCUT2D eigenvalue weighted by Crippen LogP contribution is -2.21. The first-order chi connectivity index (χ1) is 46.5. The molecule has 0 saturated carbocycles. The number of alkyl halides is 15. The van der Waals surface area contributed by atoms with Crippen molar-refractivity contribution in [3.05, 3.63) is 266 Å². The number of nitrogens with one attached hydrogen (secondary N) is 3. The molecule has 9 rings (SSSR count). The topological polar surface area (TPSA) is 227 Å². The normalized spacial score (nSPS) is 11.6. The lowest BCUT2D eigenvalue weighted by molar-refractivity contribution is -0.145. The fourth-order valence-electron chi connectivity index (χ4n) is 8.54. The van der Waals surface area contributed by atoms with Crippen LogP contribution >= 0.6 is 0 Å². The predicted molar refractivity (Wildman–Crippen MR) is 317 cm³/mol. The molecule has 0 bridgehead atoms. The fraction of sp³-hybridized carbons (Fsp3) is 0.104. The van der Waals surface area contributed by atoms with Gasteiger partial charge in [-0.15, -0.1) is 0 Å². The van der Waals surface area contributed by atoms with E-state index in [0.717, 1.165) is 90.5 Å². The van der Waals surface area contributed by atoms with Crippen LogP contribution in [0.4, 0.5) is 96.1 Å². The van der Waals surface area contributed by atoms with Gasteiger partial charge in [0.1, 0.15) is 40.4 Å². The molecule has 0 aromatic heterocycles. The summed E-state index contributed by atoms with van der Waals surface area (Å²) in [5.74, 6) is -14.4. The Labute approximate surface area is 549 Å². The average Bonchev–Trinajstić information content (AvgIpc) is 0.773. The molecule has 15 nitrogen and oxygen atoms in total. The number of hydrogen-bond acceptors (Lipinski definition) is 9. The molecule has 0 aliphatic carbocycles. The van der Waals surface area contributed by atoms with Gasteiger partial charge in [0.05, 0.1) is 61.2 Å². The number of benzene rings is 9. The van der Waals surface area contributed by atoms with Crippen LogP contribution in [0.5, 0.6) is 34.5 Å². The zero-order valence-electron chi connectivity index (χ0n) is 50.1. The van der Waals surface area contributed by atoms with Crippen LogP contribution in [-0.4, -0.2) is 50.9 Å². The third-order valence-electron chi connectivity index (χ3n) is 13.4. The van der Waals surface area contributed by atoms with Crippen LogP contribution in [0.15, 0.2) is 176 Å². The van der Waals surface area contributed by atoms with E-state index in [1.165, 1.54) is 31.2 Å². The van der Waals surface area contributed by atoms with E-state index in [4.69, 9.17) is 29.5 Å². The second kappa shape index (κ2) is 30.1. The third kappa shape index (κ3) is 19.8. The van der Waals surface area contributed by atoms with Crippen molar-refractivity contribution in [3.8, 4) is 34.5 Å². The Hall–Kier alpha value is -12.1. The zero-order valence-corrected chi connectivity index (χ0v) is 50.1. The number of amides is 3. The summed E-state index contributed by atoms with van der Waals surface area (Å²) in [6.45, 7) is 3.16. The molecule has 9 aromatic carbocycles. The molecule has 0 spiro atoms. The number of rotatable bonds is 15. The van der Waals surface area contributed by atoms with Crippen LogP contribution in [-0.2, 0) is 30.9 Å². The van der Waals surface area contributed by atoms with Gasteiger partial charge in [-0.25, -0.2) is 27.6 Å². The van der Waals surface area contributed by atoms with Gasteiger partial charge in [-0.3, -0.25) is 14.4 Å². The van der Waals surface area contributed by atoms with E-state index in [1.54, 1.807) is 24.3 Å². The van der Waals surface area contributed by atoms with Crippen molar-refractivity contribution in [2.75, 3.05) is 16.0 Å². The van der Waals surface area contributed by atoms with Gasteiger partial charge in [0, 0.05) is 23.1 Å². The highest BCUT2D eigenvalue weighted by Gasteiger charge is 2.44. The first-order valence-corrected chi connectivity index (χ1v) is 27.6. The SMILES string of the molecule is Cc1cc(F)ccc1Oc1cc(C(F)(F)F)cc(C(F)(F)F)c1C(=O)Nc1ccc(C(=O)O)cc1.Cc1ccc(Oc2cc(C(F)(F)F)ccc2C(=O)Nc2ccc(C(=O)O)cc2)cc1.O=C(O)c1ccc(NC(=O)c2c(Oc3ccc(F)cc3F)cc(C(F)(F)F)cc2C(F)(F)F)cc1. The maximum Gasteiger partial charge on any atom is 0.417 e. The zero-order chi connectivity index (χ0) is 74.1. The molecule has 9 aromatic rings. The van der Waals surface area contributed by atoms with Crippen molar-refractivity contribution in [2.24, 2.45) is 0 Å². The Bertz CT molecular complexity index is 4360. The number of aryl methyl sites for hydroxylation is 2. The van der Waals surface area contributed by atoms with E-state index >= 15 is 0 Å². The summed E-state index contributed by atoms with van der Waals surface area (Å²) in [6, 6.07) is 27.1. The summed E-state index contributed by atoms with van der Waals surface area (Å²) in [6.07, 6.45) is -26.0. The van der Waals surface area contributed by atoms with Gasteiger partial charge < -0.3 is 45.5 Å². The molecule has 0 saturated heterocycles. The Morgan fingerprint density at radius 3 is 1.06 bits per heavy atom.